The van der Waals surface area contributed by atoms with E-state index < -0.39 is 17.9 Å². The molecule has 1 aromatic rings. The van der Waals surface area contributed by atoms with Crippen molar-refractivity contribution in [3.63, 3.8) is 0 Å². The van der Waals surface area contributed by atoms with Crippen molar-refractivity contribution in [3.05, 3.63) is 35.9 Å². The van der Waals surface area contributed by atoms with Gasteiger partial charge in [0.15, 0.2) is 0 Å². The zero-order valence-electron chi connectivity index (χ0n) is 12.9. The van der Waals surface area contributed by atoms with Crippen molar-refractivity contribution < 1.29 is 14.4 Å². The topological polar surface area (TPSA) is 69.7 Å². The zero-order valence-corrected chi connectivity index (χ0v) is 12.9. The van der Waals surface area contributed by atoms with Crippen molar-refractivity contribution in [2.45, 2.75) is 19.4 Å². The Morgan fingerprint density at radius 1 is 1.09 bits per heavy atom. The SMILES string of the molecule is CN1CCC(N2CCNC(=O)C2=O)C1=O.Cc1ccccc1. The highest BCUT2D eigenvalue weighted by Gasteiger charge is 2.39. The monoisotopic (exact) mass is 303 g/mol. The average Bonchev–Trinajstić information content (AvgIpc) is 2.84. The van der Waals surface area contributed by atoms with Gasteiger partial charge in [0.1, 0.15) is 6.04 Å². The molecule has 6 heteroatoms. The number of likely N-dealkylation sites (N-methyl/N-ethyl adjacent to an activating group) is 1. The molecule has 2 fully saturated rings. The van der Waals surface area contributed by atoms with Gasteiger partial charge < -0.3 is 15.1 Å². The molecule has 3 amide bonds. The van der Waals surface area contributed by atoms with Crippen molar-refractivity contribution in [2.24, 2.45) is 0 Å². The third-order valence-electron chi connectivity index (χ3n) is 3.81. The highest BCUT2D eigenvalue weighted by Crippen LogP contribution is 2.16. The molecule has 118 valence electrons. The number of hydrogen-bond acceptors (Lipinski definition) is 3. The number of carbonyl (C=O) groups is 3. The summed E-state index contributed by atoms with van der Waals surface area (Å²) in [5.74, 6) is -1.27. The number of likely N-dealkylation sites (tertiary alicyclic amines) is 1. The maximum absolute atomic E-state index is 11.7. The molecule has 1 aromatic carbocycles. The summed E-state index contributed by atoms with van der Waals surface area (Å²) in [5.41, 5.74) is 1.32. The molecule has 0 aromatic heterocycles. The second-order valence-electron chi connectivity index (χ2n) is 5.47. The Labute approximate surface area is 130 Å². The molecule has 22 heavy (non-hydrogen) atoms. The van der Waals surface area contributed by atoms with Gasteiger partial charge in [0.25, 0.3) is 0 Å². The van der Waals surface area contributed by atoms with Crippen LogP contribution in [0.2, 0.25) is 0 Å². The molecule has 3 rings (SSSR count). The van der Waals surface area contributed by atoms with Gasteiger partial charge in [-0.1, -0.05) is 35.9 Å². The van der Waals surface area contributed by atoms with Crippen molar-refractivity contribution in [1.29, 1.82) is 0 Å². The standard InChI is InChI=1S/C9H13N3O3.C7H8/c1-11-4-2-6(8(11)14)12-5-3-10-7(13)9(12)15;1-7-5-3-2-4-6-7/h6H,2-5H2,1H3,(H,10,13);2-6H,1H3. The summed E-state index contributed by atoms with van der Waals surface area (Å²) in [7, 11) is 1.71. The molecule has 6 nitrogen and oxygen atoms in total. The van der Waals surface area contributed by atoms with E-state index in [1.165, 1.54) is 10.5 Å². The van der Waals surface area contributed by atoms with E-state index in [9.17, 15) is 14.4 Å². The summed E-state index contributed by atoms with van der Waals surface area (Å²) in [6, 6.07) is 9.83. The first-order valence-corrected chi connectivity index (χ1v) is 7.36. The smallest absolute Gasteiger partial charge is 0.312 e. The minimum Gasteiger partial charge on any atom is -0.346 e. The number of amides is 3. The minimum atomic E-state index is -0.608. The number of carbonyl (C=O) groups excluding carboxylic acids is 3. The van der Waals surface area contributed by atoms with Gasteiger partial charge in [-0.15, -0.1) is 0 Å². The molecule has 0 saturated carbocycles. The quantitative estimate of drug-likeness (QED) is 0.752. The normalized spacial score (nSPS) is 21.4. The highest BCUT2D eigenvalue weighted by molar-refractivity contribution is 6.36. The molecule has 0 radical (unpaired) electrons. The van der Waals surface area contributed by atoms with Gasteiger partial charge in [-0.25, -0.2) is 0 Å². The maximum Gasteiger partial charge on any atom is 0.312 e. The number of aryl methyl sites for hydroxylation is 1. The molecular weight excluding hydrogens is 282 g/mol. The van der Waals surface area contributed by atoms with Crippen LogP contribution in [0, 0.1) is 6.92 Å². The first-order chi connectivity index (χ1) is 10.5. The number of rotatable bonds is 1. The van der Waals surface area contributed by atoms with Crippen LogP contribution in [0.5, 0.6) is 0 Å². The van der Waals surface area contributed by atoms with Gasteiger partial charge in [0, 0.05) is 26.7 Å². The Morgan fingerprint density at radius 2 is 1.77 bits per heavy atom. The Morgan fingerprint density at radius 3 is 2.27 bits per heavy atom. The van der Waals surface area contributed by atoms with E-state index in [0.29, 0.717) is 26.1 Å². The van der Waals surface area contributed by atoms with Crippen LogP contribution in [-0.4, -0.2) is 60.2 Å². The average molecular weight is 303 g/mol. The molecule has 0 aliphatic carbocycles. The lowest BCUT2D eigenvalue weighted by atomic mass is 10.2. The Hall–Kier alpha value is -2.37. The fraction of sp³-hybridized carbons (Fsp3) is 0.438. The fourth-order valence-electron chi connectivity index (χ4n) is 2.52. The van der Waals surface area contributed by atoms with E-state index in [0.717, 1.165) is 0 Å². The number of nitrogens with one attached hydrogen (secondary N) is 1. The van der Waals surface area contributed by atoms with Crippen LogP contribution in [0.3, 0.4) is 0 Å². The number of hydrogen-bond donors (Lipinski definition) is 1. The summed E-state index contributed by atoms with van der Waals surface area (Å²) in [4.78, 5) is 37.3. The van der Waals surface area contributed by atoms with Crippen molar-refractivity contribution in [2.75, 3.05) is 26.7 Å². The highest BCUT2D eigenvalue weighted by atomic mass is 16.2. The summed E-state index contributed by atoms with van der Waals surface area (Å²) < 4.78 is 0. The van der Waals surface area contributed by atoms with Gasteiger partial charge in [-0.3, -0.25) is 14.4 Å². The van der Waals surface area contributed by atoms with Crippen LogP contribution in [0.4, 0.5) is 0 Å². The molecule has 1 N–H and O–H groups in total. The van der Waals surface area contributed by atoms with Gasteiger partial charge in [-0.2, -0.15) is 0 Å². The van der Waals surface area contributed by atoms with E-state index in [-0.39, 0.29) is 5.91 Å². The second kappa shape index (κ2) is 7.06. The molecule has 2 aliphatic rings. The van der Waals surface area contributed by atoms with Crippen LogP contribution in [0.25, 0.3) is 0 Å². The molecule has 1 atom stereocenters. The summed E-state index contributed by atoms with van der Waals surface area (Å²) in [6.45, 7) is 3.59. The van der Waals surface area contributed by atoms with Crippen LogP contribution in [0.15, 0.2) is 30.3 Å². The first kappa shape index (κ1) is 16.0. The second-order valence-corrected chi connectivity index (χ2v) is 5.47. The van der Waals surface area contributed by atoms with Crippen molar-refractivity contribution >= 4 is 17.7 Å². The van der Waals surface area contributed by atoms with Gasteiger partial charge in [0.05, 0.1) is 0 Å². The predicted molar refractivity (Wildman–Crippen MR) is 81.9 cm³/mol. The minimum absolute atomic E-state index is 0.0712. The summed E-state index contributed by atoms with van der Waals surface area (Å²) in [5, 5.41) is 2.46. The molecule has 1 unspecified atom stereocenters. The number of piperazine rings is 1. The lowest BCUT2D eigenvalue weighted by molar-refractivity contribution is -0.152. The van der Waals surface area contributed by atoms with E-state index in [4.69, 9.17) is 0 Å². The van der Waals surface area contributed by atoms with Crippen molar-refractivity contribution in [3.8, 4) is 0 Å². The fourth-order valence-corrected chi connectivity index (χ4v) is 2.52. The predicted octanol–water partition coefficient (Wildman–Crippen LogP) is 0.171. The molecular formula is C16H21N3O3. The zero-order chi connectivity index (χ0) is 16.1. The van der Waals surface area contributed by atoms with E-state index >= 15 is 0 Å². The summed E-state index contributed by atoms with van der Waals surface area (Å²) >= 11 is 0. The van der Waals surface area contributed by atoms with Gasteiger partial charge in [0.2, 0.25) is 5.91 Å². The number of benzene rings is 1. The Kier molecular flexibility index (Phi) is 5.14. The lowest BCUT2D eigenvalue weighted by Crippen LogP contribution is -2.57. The van der Waals surface area contributed by atoms with Crippen LogP contribution in [0.1, 0.15) is 12.0 Å². The summed E-state index contributed by atoms with van der Waals surface area (Å²) in [6.07, 6.45) is 0.619. The molecule has 0 bridgehead atoms. The van der Waals surface area contributed by atoms with Crippen molar-refractivity contribution in [1.82, 2.24) is 15.1 Å². The first-order valence-electron chi connectivity index (χ1n) is 7.36. The van der Waals surface area contributed by atoms with Crippen LogP contribution in [-0.2, 0) is 14.4 Å². The third-order valence-corrected chi connectivity index (χ3v) is 3.81. The van der Waals surface area contributed by atoms with Gasteiger partial charge in [-0.05, 0) is 13.3 Å². The van der Waals surface area contributed by atoms with E-state index in [1.807, 2.05) is 18.2 Å². The largest absolute Gasteiger partial charge is 0.346 e. The molecule has 2 heterocycles. The third kappa shape index (κ3) is 3.63. The Balaban J connectivity index is 0.000000211. The maximum atomic E-state index is 11.7. The molecule has 0 spiro atoms. The Bertz CT molecular complexity index is 559. The van der Waals surface area contributed by atoms with Crippen LogP contribution < -0.4 is 5.32 Å². The lowest BCUT2D eigenvalue weighted by Gasteiger charge is -2.30. The van der Waals surface area contributed by atoms with E-state index in [1.54, 1.807) is 11.9 Å². The molecule has 2 saturated heterocycles. The van der Waals surface area contributed by atoms with Gasteiger partial charge >= 0.3 is 11.8 Å². The molecule has 2 aliphatic heterocycles. The number of nitrogens with zero attached hydrogens (tertiary/aromatic N) is 2. The van der Waals surface area contributed by atoms with Crippen LogP contribution >= 0.6 is 0 Å². The van der Waals surface area contributed by atoms with E-state index in [2.05, 4.69) is 24.4 Å².